The van der Waals surface area contributed by atoms with Gasteiger partial charge in [-0.05, 0) is 55.3 Å². The molecule has 4 N–H and O–H groups in total. The molecule has 0 unspecified atom stereocenters. The fraction of sp³-hybridized carbons (Fsp3) is 0.300. The smallest absolute Gasteiger partial charge is 0.399 e. The molecule has 1 aromatic carbocycles. The molecule has 0 saturated heterocycles. The second kappa shape index (κ2) is 7.40. The lowest BCUT2D eigenvalue weighted by atomic mass is 10.0. The van der Waals surface area contributed by atoms with Crippen LogP contribution in [-0.4, -0.2) is 27.7 Å². The van der Waals surface area contributed by atoms with Crippen molar-refractivity contribution in [1.82, 2.24) is 19.9 Å². The summed E-state index contributed by atoms with van der Waals surface area (Å²) in [5, 5.41) is 11.1. The average molecular weight is 402 g/mol. The first kappa shape index (κ1) is 19.3. The maximum atomic E-state index is 13.1. The van der Waals surface area contributed by atoms with E-state index in [-0.39, 0.29) is 5.69 Å². The number of nitrogens with two attached hydrogens (primary N) is 1. The number of fused-ring (bicyclic) bond motifs is 1. The number of hydrogen-bond donors (Lipinski definition) is 3. The first-order chi connectivity index (χ1) is 13.8. The number of anilines is 2. The van der Waals surface area contributed by atoms with Crippen molar-refractivity contribution in [2.75, 3.05) is 24.1 Å². The van der Waals surface area contributed by atoms with Crippen molar-refractivity contribution in [1.29, 1.82) is 0 Å². The Morgan fingerprint density at radius 3 is 2.79 bits per heavy atom. The highest BCUT2D eigenvalue weighted by atomic mass is 19.4. The van der Waals surface area contributed by atoms with E-state index in [0.29, 0.717) is 17.0 Å². The minimum atomic E-state index is -4.45. The van der Waals surface area contributed by atoms with Crippen molar-refractivity contribution in [3.63, 3.8) is 0 Å². The maximum Gasteiger partial charge on any atom is 0.416 e. The number of alkyl halides is 3. The van der Waals surface area contributed by atoms with Crippen LogP contribution < -0.4 is 16.4 Å². The van der Waals surface area contributed by atoms with Crippen LogP contribution in [0.15, 0.2) is 42.6 Å². The molecule has 3 heterocycles. The number of halogens is 3. The van der Waals surface area contributed by atoms with Gasteiger partial charge in [-0.25, -0.2) is 4.98 Å². The maximum absolute atomic E-state index is 13.1. The highest BCUT2D eigenvalue weighted by molar-refractivity contribution is 5.67. The molecule has 0 bridgehead atoms. The van der Waals surface area contributed by atoms with Gasteiger partial charge in [-0.1, -0.05) is 6.08 Å². The van der Waals surface area contributed by atoms with Crippen LogP contribution in [0.5, 0.6) is 0 Å². The molecule has 29 heavy (non-hydrogen) atoms. The number of hydrogen-bond acceptors (Lipinski definition) is 5. The second-order valence-corrected chi connectivity index (χ2v) is 7.07. The zero-order valence-electron chi connectivity index (χ0n) is 15.8. The van der Waals surface area contributed by atoms with Gasteiger partial charge in [0.25, 0.3) is 0 Å². The Morgan fingerprint density at radius 1 is 1.24 bits per heavy atom. The highest BCUT2D eigenvalue weighted by Crippen LogP contribution is 2.33. The summed E-state index contributed by atoms with van der Waals surface area (Å²) in [6.45, 7) is 3.48. The minimum absolute atomic E-state index is 0.0718. The zero-order chi connectivity index (χ0) is 20.6. The summed E-state index contributed by atoms with van der Waals surface area (Å²) in [4.78, 5) is 4.35. The highest BCUT2D eigenvalue weighted by Gasteiger charge is 2.31. The number of nitrogens with one attached hydrogen (secondary N) is 2. The quantitative estimate of drug-likeness (QED) is 0.577. The van der Waals surface area contributed by atoms with Gasteiger partial charge in [-0.2, -0.15) is 22.8 Å². The van der Waals surface area contributed by atoms with Crippen molar-refractivity contribution in [2.24, 2.45) is 0 Å². The van der Waals surface area contributed by atoms with Gasteiger partial charge in [-0.3, -0.25) is 0 Å². The number of nitrogen functional groups attached to an aromatic ring is 1. The second-order valence-electron chi connectivity index (χ2n) is 7.07. The van der Waals surface area contributed by atoms with Crippen molar-refractivity contribution < 1.29 is 13.2 Å². The lowest BCUT2D eigenvalue weighted by Gasteiger charge is -2.18. The molecule has 3 aromatic rings. The Hall–Kier alpha value is -3.07. The number of rotatable bonds is 4. The third-order valence-electron chi connectivity index (χ3n) is 4.92. The van der Waals surface area contributed by atoms with Gasteiger partial charge in [0.1, 0.15) is 5.82 Å². The van der Waals surface area contributed by atoms with Gasteiger partial charge in [0.05, 0.1) is 17.3 Å². The van der Waals surface area contributed by atoms with E-state index in [1.54, 1.807) is 29.8 Å². The van der Waals surface area contributed by atoms with E-state index < -0.39 is 17.8 Å². The molecule has 4 rings (SSSR count). The van der Waals surface area contributed by atoms with Crippen molar-refractivity contribution >= 4 is 22.7 Å². The standard InChI is InChI=1S/C20H21F3N6/c1-12(14-8-15(20(21,22)23)10-16(24)9-14)27-18-4-7-26-19-11-17(28-29(18)19)13-2-5-25-6-3-13/h2,4,7-12,25,27H,3,5-6,24H2,1H3/t12-/m1/s1. The largest absolute Gasteiger partial charge is 0.416 e. The summed E-state index contributed by atoms with van der Waals surface area (Å²) in [5.74, 6) is 0.638. The molecule has 6 nitrogen and oxygen atoms in total. The Balaban J connectivity index is 1.65. The summed E-state index contributed by atoms with van der Waals surface area (Å²) < 4.78 is 41.0. The normalized spacial score (nSPS) is 15.9. The van der Waals surface area contributed by atoms with Crippen LogP contribution in [0.4, 0.5) is 24.7 Å². The van der Waals surface area contributed by atoms with Gasteiger partial charge in [0.2, 0.25) is 0 Å². The predicted molar refractivity (Wildman–Crippen MR) is 106 cm³/mol. The Labute approximate surface area is 165 Å². The van der Waals surface area contributed by atoms with Gasteiger partial charge < -0.3 is 16.4 Å². The van der Waals surface area contributed by atoms with Crippen LogP contribution in [0.1, 0.15) is 36.2 Å². The van der Waals surface area contributed by atoms with Crippen LogP contribution in [0.25, 0.3) is 11.2 Å². The van der Waals surface area contributed by atoms with Gasteiger partial charge in [0.15, 0.2) is 5.65 Å². The molecule has 1 aliphatic heterocycles. The van der Waals surface area contributed by atoms with E-state index in [9.17, 15) is 13.2 Å². The summed E-state index contributed by atoms with van der Waals surface area (Å²) >= 11 is 0. The SMILES string of the molecule is C[C@@H](Nc1ccnc2cc(C3=CCNCC3)nn12)c1cc(N)cc(C(F)(F)F)c1. The Bertz CT molecular complexity index is 1070. The van der Waals surface area contributed by atoms with E-state index >= 15 is 0 Å². The summed E-state index contributed by atoms with van der Waals surface area (Å²) in [6.07, 6.45) is 0.180. The van der Waals surface area contributed by atoms with E-state index in [4.69, 9.17) is 5.73 Å². The van der Waals surface area contributed by atoms with Gasteiger partial charge in [0, 0.05) is 24.5 Å². The van der Waals surface area contributed by atoms with Crippen molar-refractivity contribution in [3.8, 4) is 0 Å². The fourth-order valence-corrected chi connectivity index (χ4v) is 3.41. The van der Waals surface area contributed by atoms with Crippen LogP contribution in [0.2, 0.25) is 0 Å². The Morgan fingerprint density at radius 2 is 2.07 bits per heavy atom. The summed E-state index contributed by atoms with van der Waals surface area (Å²) in [7, 11) is 0. The summed E-state index contributed by atoms with van der Waals surface area (Å²) in [6, 6.07) is 6.83. The molecular formula is C20H21F3N6. The third-order valence-corrected chi connectivity index (χ3v) is 4.92. The van der Waals surface area contributed by atoms with Gasteiger partial charge in [-0.15, -0.1) is 0 Å². The van der Waals surface area contributed by atoms with Gasteiger partial charge >= 0.3 is 6.18 Å². The average Bonchev–Trinajstić information content (AvgIpc) is 3.13. The topological polar surface area (TPSA) is 80.3 Å². The molecule has 0 spiro atoms. The molecule has 9 heteroatoms. The molecule has 0 amide bonds. The van der Waals surface area contributed by atoms with E-state index in [1.807, 2.05) is 6.07 Å². The minimum Gasteiger partial charge on any atom is -0.399 e. The van der Waals surface area contributed by atoms with Crippen LogP contribution in [0, 0.1) is 0 Å². The van der Waals surface area contributed by atoms with E-state index in [1.165, 1.54) is 0 Å². The molecule has 0 aliphatic carbocycles. The molecule has 0 saturated carbocycles. The lowest BCUT2D eigenvalue weighted by molar-refractivity contribution is -0.137. The molecule has 1 atom stereocenters. The van der Waals surface area contributed by atoms with Crippen LogP contribution >= 0.6 is 0 Å². The van der Waals surface area contributed by atoms with Crippen molar-refractivity contribution in [3.05, 3.63) is 59.4 Å². The molecule has 2 aromatic heterocycles. The first-order valence-electron chi connectivity index (χ1n) is 9.30. The number of aromatic nitrogens is 3. The Kier molecular flexibility index (Phi) is 4.91. The predicted octanol–water partition coefficient (Wildman–Crippen LogP) is 3.88. The molecule has 152 valence electrons. The van der Waals surface area contributed by atoms with E-state index in [0.717, 1.165) is 42.9 Å². The first-order valence-corrected chi connectivity index (χ1v) is 9.30. The van der Waals surface area contributed by atoms with E-state index in [2.05, 4.69) is 26.8 Å². The molecule has 1 aliphatic rings. The molecule has 0 radical (unpaired) electrons. The summed E-state index contributed by atoms with van der Waals surface area (Å²) in [5.41, 5.74) is 8.12. The monoisotopic (exact) mass is 402 g/mol. The third kappa shape index (κ3) is 4.04. The lowest BCUT2D eigenvalue weighted by Crippen LogP contribution is -2.20. The number of nitrogens with zero attached hydrogens (tertiary/aromatic N) is 3. The van der Waals surface area contributed by atoms with Crippen molar-refractivity contribution in [2.45, 2.75) is 25.6 Å². The van der Waals surface area contributed by atoms with Crippen LogP contribution in [-0.2, 0) is 6.18 Å². The van der Waals surface area contributed by atoms with Crippen LogP contribution in [0.3, 0.4) is 0 Å². The molecular weight excluding hydrogens is 381 g/mol. The number of benzene rings is 1. The zero-order valence-corrected chi connectivity index (χ0v) is 15.8. The molecule has 0 fully saturated rings. The fourth-order valence-electron chi connectivity index (χ4n) is 3.41.